The average molecular weight is 313 g/mol. The van der Waals surface area contributed by atoms with Gasteiger partial charge in [-0.1, -0.05) is 23.7 Å². The van der Waals surface area contributed by atoms with Crippen molar-refractivity contribution < 1.29 is 14.4 Å². The lowest BCUT2D eigenvalue weighted by molar-refractivity contribution is -0.136. The molecule has 1 atom stereocenters. The summed E-state index contributed by atoms with van der Waals surface area (Å²) in [5.74, 6) is 0.700. The van der Waals surface area contributed by atoms with Gasteiger partial charge in [-0.25, -0.2) is 0 Å². The van der Waals surface area contributed by atoms with Crippen LogP contribution < -0.4 is 0 Å². The molecule has 2 rings (SSSR count). The summed E-state index contributed by atoms with van der Waals surface area (Å²) >= 11 is 7.29. The van der Waals surface area contributed by atoms with Crippen molar-refractivity contribution in [1.29, 1.82) is 0 Å². The minimum Gasteiger partial charge on any atom is -0.481 e. The second-order valence-electron chi connectivity index (χ2n) is 4.24. The van der Waals surface area contributed by atoms with Gasteiger partial charge in [0.25, 0.3) is 5.89 Å². The smallest absolute Gasteiger partial charge is 0.304 e. The number of carbonyl (C=O) groups is 1. The van der Waals surface area contributed by atoms with E-state index in [4.69, 9.17) is 21.2 Å². The van der Waals surface area contributed by atoms with Crippen LogP contribution >= 0.6 is 23.4 Å². The molecule has 0 spiro atoms. The van der Waals surface area contributed by atoms with E-state index < -0.39 is 5.97 Å². The fourth-order valence-electron chi connectivity index (χ4n) is 1.54. The zero-order valence-corrected chi connectivity index (χ0v) is 12.3. The van der Waals surface area contributed by atoms with E-state index in [1.165, 1.54) is 11.8 Å². The van der Waals surface area contributed by atoms with Crippen LogP contribution in [0.25, 0.3) is 11.5 Å². The zero-order chi connectivity index (χ0) is 14.5. The number of halogens is 1. The highest BCUT2D eigenvalue weighted by molar-refractivity contribution is 7.99. The quantitative estimate of drug-likeness (QED) is 0.880. The molecule has 0 radical (unpaired) electrons. The SMILES string of the molecule is CC(CC(=O)O)SCc1noc(-c2ccc(Cl)cc2)n1. The molecule has 0 fully saturated rings. The summed E-state index contributed by atoms with van der Waals surface area (Å²) in [5.41, 5.74) is 0.803. The van der Waals surface area contributed by atoms with Gasteiger partial charge in [0.2, 0.25) is 0 Å². The average Bonchev–Trinajstić information content (AvgIpc) is 2.85. The summed E-state index contributed by atoms with van der Waals surface area (Å²) in [4.78, 5) is 14.8. The maximum Gasteiger partial charge on any atom is 0.304 e. The summed E-state index contributed by atoms with van der Waals surface area (Å²) in [5, 5.41) is 13.2. The highest BCUT2D eigenvalue weighted by Gasteiger charge is 2.12. The third kappa shape index (κ3) is 4.25. The molecule has 0 bridgehead atoms. The zero-order valence-electron chi connectivity index (χ0n) is 10.7. The molecule has 20 heavy (non-hydrogen) atoms. The van der Waals surface area contributed by atoms with Gasteiger partial charge in [-0.2, -0.15) is 4.98 Å². The van der Waals surface area contributed by atoms with E-state index in [0.717, 1.165) is 5.56 Å². The Bertz CT molecular complexity index is 586. The van der Waals surface area contributed by atoms with Crippen molar-refractivity contribution in [2.75, 3.05) is 0 Å². The van der Waals surface area contributed by atoms with Crippen LogP contribution in [0.15, 0.2) is 28.8 Å². The van der Waals surface area contributed by atoms with E-state index in [1.54, 1.807) is 24.3 Å². The molecule has 1 aromatic carbocycles. The number of aliphatic carboxylic acids is 1. The first-order valence-electron chi connectivity index (χ1n) is 5.96. The van der Waals surface area contributed by atoms with Crippen LogP contribution in [0.1, 0.15) is 19.2 Å². The predicted octanol–water partition coefficient (Wildman–Crippen LogP) is 3.49. The molecule has 0 saturated carbocycles. The van der Waals surface area contributed by atoms with Gasteiger partial charge >= 0.3 is 5.97 Å². The van der Waals surface area contributed by atoms with Gasteiger partial charge in [0, 0.05) is 15.8 Å². The van der Waals surface area contributed by atoms with Gasteiger partial charge in [0.15, 0.2) is 5.82 Å². The van der Waals surface area contributed by atoms with Gasteiger partial charge in [-0.3, -0.25) is 4.79 Å². The molecule has 0 aliphatic rings. The van der Waals surface area contributed by atoms with Crippen LogP contribution in [0.4, 0.5) is 0 Å². The largest absolute Gasteiger partial charge is 0.481 e. The highest BCUT2D eigenvalue weighted by atomic mass is 35.5. The molecule has 0 amide bonds. The van der Waals surface area contributed by atoms with Crippen LogP contribution in [-0.2, 0) is 10.5 Å². The molecule has 106 valence electrons. The Balaban J connectivity index is 1.95. The summed E-state index contributed by atoms with van der Waals surface area (Å²) in [6.07, 6.45) is 0.118. The standard InChI is InChI=1S/C13H13ClN2O3S/c1-8(6-12(17)18)20-7-11-15-13(19-16-11)9-2-4-10(14)5-3-9/h2-5,8H,6-7H2,1H3,(H,17,18). The van der Waals surface area contributed by atoms with Crippen molar-refractivity contribution in [2.24, 2.45) is 0 Å². The van der Waals surface area contributed by atoms with Gasteiger partial charge in [0.1, 0.15) is 0 Å². The maximum atomic E-state index is 10.6. The third-order valence-electron chi connectivity index (χ3n) is 2.52. The molecule has 1 heterocycles. The molecule has 0 saturated heterocycles. The summed E-state index contributed by atoms with van der Waals surface area (Å²) in [6, 6.07) is 7.12. The Kier molecular flexibility index (Phi) is 5.03. The molecular formula is C13H13ClN2O3S. The van der Waals surface area contributed by atoms with E-state index in [0.29, 0.717) is 22.5 Å². The molecule has 7 heteroatoms. The number of nitrogens with zero attached hydrogens (tertiary/aromatic N) is 2. The summed E-state index contributed by atoms with van der Waals surface area (Å²) in [6.45, 7) is 1.86. The van der Waals surface area contributed by atoms with E-state index >= 15 is 0 Å². The van der Waals surface area contributed by atoms with Crippen LogP contribution in [-0.4, -0.2) is 26.5 Å². The molecule has 1 aromatic heterocycles. The number of hydrogen-bond donors (Lipinski definition) is 1. The number of hydrogen-bond acceptors (Lipinski definition) is 5. The molecule has 1 N–H and O–H groups in total. The second kappa shape index (κ2) is 6.76. The Labute approximate surface area is 125 Å². The number of carboxylic acids is 1. The Morgan fingerprint density at radius 3 is 2.80 bits per heavy atom. The number of thioether (sulfide) groups is 1. The second-order valence-corrected chi connectivity index (χ2v) is 6.11. The van der Waals surface area contributed by atoms with Gasteiger partial charge in [-0.05, 0) is 24.3 Å². The lowest BCUT2D eigenvalue weighted by Gasteiger charge is -2.05. The van der Waals surface area contributed by atoms with Crippen LogP contribution in [0, 0.1) is 0 Å². The monoisotopic (exact) mass is 312 g/mol. The van der Waals surface area contributed by atoms with Crippen molar-refractivity contribution in [2.45, 2.75) is 24.3 Å². The molecule has 1 unspecified atom stereocenters. The van der Waals surface area contributed by atoms with E-state index in [-0.39, 0.29) is 11.7 Å². The molecule has 2 aromatic rings. The fourth-order valence-corrected chi connectivity index (χ4v) is 2.48. The van der Waals surface area contributed by atoms with Crippen LogP contribution in [0.2, 0.25) is 5.02 Å². The van der Waals surface area contributed by atoms with Crippen LogP contribution in [0.5, 0.6) is 0 Å². The fraction of sp³-hybridized carbons (Fsp3) is 0.308. The molecular weight excluding hydrogens is 300 g/mol. The first-order valence-corrected chi connectivity index (χ1v) is 7.39. The van der Waals surface area contributed by atoms with Gasteiger partial charge in [-0.15, -0.1) is 11.8 Å². The first kappa shape index (κ1) is 14.9. The minimum absolute atomic E-state index is 0.00461. The number of aromatic nitrogens is 2. The van der Waals surface area contributed by atoms with E-state index in [1.807, 2.05) is 6.92 Å². The van der Waals surface area contributed by atoms with Crippen molar-refractivity contribution in [1.82, 2.24) is 10.1 Å². The van der Waals surface area contributed by atoms with Crippen molar-refractivity contribution >= 4 is 29.3 Å². The highest BCUT2D eigenvalue weighted by Crippen LogP contribution is 2.22. The van der Waals surface area contributed by atoms with E-state index in [9.17, 15) is 4.79 Å². The minimum atomic E-state index is -0.806. The number of carboxylic acid groups (broad SMARTS) is 1. The van der Waals surface area contributed by atoms with E-state index in [2.05, 4.69) is 10.1 Å². The molecule has 0 aliphatic carbocycles. The lowest BCUT2D eigenvalue weighted by atomic mass is 10.2. The topological polar surface area (TPSA) is 76.2 Å². The summed E-state index contributed by atoms with van der Waals surface area (Å²) in [7, 11) is 0. The first-order chi connectivity index (χ1) is 9.54. The van der Waals surface area contributed by atoms with Crippen LogP contribution in [0.3, 0.4) is 0 Å². The third-order valence-corrected chi connectivity index (χ3v) is 3.93. The van der Waals surface area contributed by atoms with Crippen molar-refractivity contribution in [3.8, 4) is 11.5 Å². The number of benzene rings is 1. The van der Waals surface area contributed by atoms with Crippen molar-refractivity contribution in [3.05, 3.63) is 35.1 Å². The maximum absolute atomic E-state index is 10.6. The molecule has 0 aliphatic heterocycles. The summed E-state index contributed by atoms with van der Waals surface area (Å²) < 4.78 is 5.17. The number of rotatable bonds is 6. The predicted molar refractivity (Wildman–Crippen MR) is 77.8 cm³/mol. The normalized spacial score (nSPS) is 12.3. The van der Waals surface area contributed by atoms with Gasteiger partial charge < -0.3 is 9.63 Å². The Morgan fingerprint density at radius 2 is 2.15 bits per heavy atom. The Morgan fingerprint density at radius 1 is 1.45 bits per heavy atom. The Hall–Kier alpha value is -1.53. The molecule has 5 nitrogen and oxygen atoms in total. The van der Waals surface area contributed by atoms with Gasteiger partial charge in [0.05, 0.1) is 12.2 Å². The lowest BCUT2D eigenvalue weighted by Crippen LogP contribution is -2.06. The van der Waals surface area contributed by atoms with Crippen molar-refractivity contribution in [3.63, 3.8) is 0 Å².